The quantitative estimate of drug-likeness (QED) is 0.329. The van der Waals surface area contributed by atoms with Gasteiger partial charge >= 0.3 is 0 Å². The number of nitrogens with one attached hydrogen (secondary N) is 1. The molecule has 2 heteroatoms. The van der Waals surface area contributed by atoms with Gasteiger partial charge in [-0.15, -0.1) is 0 Å². The van der Waals surface area contributed by atoms with Crippen molar-refractivity contribution >= 4 is 5.90 Å². The van der Waals surface area contributed by atoms with Crippen LogP contribution in [0.15, 0.2) is 0 Å². The molecule has 0 rings (SSSR count). The molecule has 0 bridgehead atoms. The van der Waals surface area contributed by atoms with E-state index in [1.54, 1.807) is 0 Å². The normalized spacial score (nSPS) is 9.12. The summed E-state index contributed by atoms with van der Waals surface area (Å²) < 4.78 is 0. The van der Waals surface area contributed by atoms with Gasteiger partial charge in [0.25, 0.3) is 0 Å². The maximum atomic E-state index is 9.99. The van der Waals surface area contributed by atoms with Gasteiger partial charge < -0.3 is 10.5 Å². The molecule has 0 aliphatic heterocycles. The van der Waals surface area contributed by atoms with Crippen molar-refractivity contribution in [2.45, 2.75) is 32.6 Å². The highest BCUT2D eigenvalue weighted by Crippen LogP contribution is 1.96. The first kappa shape index (κ1) is 7.47. The maximum Gasteiger partial charge on any atom is -0.0254 e. The first-order valence-corrected chi connectivity index (χ1v) is 3.01. The van der Waals surface area contributed by atoms with Gasteiger partial charge in [0.2, 0.25) is 0 Å². The van der Waals surface area contributed by atoms with Gasteiger partial charge in [0.1, 0.15) is 0 Å². The fourth-order valence-electron chi connectivity index (χ4n) is 0.536. The zero-order valence-electron chi connectivity index (χ0n) is 5.24. The van der Waals surface area contributed by atoms with Crippen LogP contribution in [-0.2, 0) is 0 Å². The number of hydrogen-bond acceptors (Lipinski definition) is 2. The lowest BCUT2D eigenvalue weighted by Gasteiger charge is -2.03. The van der Waals surface area contributed by atoms with Crippen molar-refractivity contribution in [3.05, 3.63) is 0 Å². The summed E-state index contributed by atoms with van der Waals surface area (Å²) in [6.45, 7) is 2.08. The van der Waals surface area contributed by atoms with Crippen molar-refractivity contribution < 1.29 is 5.11 Å². The average Bonchev–Trinajstić information content (AvgIpc) is 1.66. The number of unbranched alkanes of at least 4 members (excludes halogenated alkanes) is 2. The van der Waals surface area contributed by atoms with Gasteiger partial charge in [-0.05, 0) is 18.7 Å². The molecule has 2 nitrogen and oxygen atoms in total. The lowest BCUT2D eigenvalue weighted by atomic mass is 10.2. The van der Waals surface area contributed by atoms with Crippen LogP contribution in [0.4, 0.5) is 0 Å². The molecule has 0 aromatic rings. The third-order valence-corrected chi connectivity index (χ3v) is 1.01. The molecule has 0 unspecified atom stereocenters. The lowest BCUT2D eigenvalue weighted by molar-refractivity contribution is -0.220. The van der Waals surface area contributed by atoms with Crippen LogP contribution in [0.25, 0.3) is 0 Å². The van der Waals surface area contributed by atoms with Crippen LogP contribution in [0.3, 0.4) is 0 Å². The van der Waals surface area contributed by atoms with Crippen LogP contribution in [-0.4, -0.2) is 5.90 Å². The predicted octanol–water partition coefficient (Wildman–Crippen LogP) is 0.904. The van der Waals surface area contributed by atoms with E-state index in [1.807, 2.05) is 0 Å². The summed E-state index contributed by atoms with van der Waals surface area (Å²) in [6, 6.07) is 0. The number of hydrogen-bond donors (Lipinski definition) is 1. The van der Waals surface area contributed by atoms with E-state index in [-0.39, 0.29) is 0 Å². The van der Waals surface area contributed by atoms with E-state index in [9.17, 15) is 5.11 Å². The Labute approximate surface area is 50.0 Å². The second-order valence-corrected chi connectivity index (χ2v) is 1.88. The summed E-state index contributed by atoms with van der Waals surface area (Å²) in [5.41, 5.74) is 0. The molecule has 0 aliphatic carbocycles. The largest absolute Gasteiger partial charge is 0.862 e. The molecule has 0 saturated heterocycles. The maximum absolute atomic E-state index is 9.99. The van der Waals surface area contributed by atoms with Crippen LogP contribution in [0.2, 0.25) is 0 Å². The highest BCUT2D eigenvalue weighted by Gasteiger charge is 1.82. The predicted molar refractivity (Wildman–Crippen MR) is 31.9 cm³/mol. The smallest absolute Gasteiger partial charge is 0.0254 e. The zero-order chi connectivity index (χ0) is 6.41. The summed E-state index contributed by atoms with van der Waals surface area (Å²) in [6.07, 6.45) is 3.52. The van der Waals surface area contributed by atoms with Crippen LogP contribution in [0.5, 0.6) is 0 Å². The molecule has 48 valence electrons. The van der Waals surface area contributed by atoms with Gasteiger partial charge in [0.15, 0.2) is 0 Å². The van der Waals surface area contributed by atoms with Gasteiger partial charge in [-0.3, -0.25) is 0 Å². The third-order valence-electron chi connectivity index (χ3n) is 1.01. The van der Waals surface area contributed by atoms with Crippen LogP contribution < -0.4 is 5.11 Å². The van der Waals surface area contributed by atoms with Gasteiger partial charge in [-0.1, -0.05) is 19.8 Å². The van der Waals surface area contributed by atoms with Crippen molar-refractivity contribution in [1.29, 1.82) is 5.41 Å². The Morgan fingerprint density at radius 1 is 1.50 bits per heavy atom. The monoisotopic (exact) mass is 114 g/mol. The van der Waals surface area contributed by atoms with Crippen LogP contribution in [0.1, 0.15) is 32.6 Å². The summed E-state index contributed by atoms with van der Waals surface area (Å²) in [5, 5.41) is 16.5. The van der Waals surface area contributed by atoms with E-state index in [2.05, 4.69) is 6.92 Å². The zero-order valence-corrected chi connectivity index (χ0v) is 5.24. The molecule has 0 spiro atoms. The van der Waals surface area contributed by atoms with E-state index in [1.165, 1.54) is 0 Å². The van der Waals surface area contributed by atoms with Gasteiger partial charge in [0, 0.05) is 0 Å². The van der Waals surface area contributed by atoms with Crippen LogP contribution >= 0.6 is 0 Å². The molecule has 0 saturated carbocycles. The Bertz CT molecular complexity index is 70.9. The average molecular weight is 114 g/mol. The van der Waals surface area contributed by atoms with Crippen molar-refractivity contribution in [2.24, 2.45) is 0 Å². The molecular weight excluding hydrogens is 102 g/mol. The van der Waals surface area contributed by atoms with E-state index < -0.39 is 5.90 Å². The molecule has 0 fully saturated rings. The van der Waals surface area contributed by atoms with Gasteiger partial charge in [0.05, 0.1) is 0 Å². The van der Waals surface area contributed by atoms with Gasteiger partial charge in [-0.2, -0.15) is 0 Å². The van der Waals surface area contributed by atoms with Crippen molar-refractivity contribution in [1.82, 2.24) is 0 Å². The van der Waals surface area contributed by atoms with Crippen molar-refractivity contribution in [3.8, 4) is 0 Å². The standard InChI is InChI=1S/C6H13NO/c1-2-3-4-5-6(7)8/h2-5H2,1H3,(H2,7,8)/p-1. The Kier molecular flexibility index (Phi) is 4.32. The molecule has 1 N–H and O–H groups in total. The van der Waals surface area contributed by atoms with Crippen molar-refractivity contribution in [3.63, 3.8) is 0 Å². The number of rotatable bonds is 4. The molecule has 0 radical (unpaired) electrons. The second-order valence-electron chi connectivity index (χ2n) is 1.88. The lowest BCUT2D eigenvalue weighted by Crippen LogP contribution is -2.14. The minimum atomic E-state index is -0.432. The molecule has 0 aliphatic rings. The Balaban J connectivity index is 2.82. The van der Waals surface area contributed by atoms with Crippen LogP contribution in [0, 0.1) is 5.41 Å². The SMILES string of the molecule is CCCCCC(=N)[O-]. The molecule has 0 amide bonds. The Morgan fingerprint density at radius 2 is 2.12 bits per heavy atom. The molecule has 0 aromatic heterocycles. The fraction of sp³-hybridized carbons (Fsp3) is 0.833. The minimum Gasteiger partial charge on any atom is -0.862 e. The Hall–Kier alpha value is -0.530. The third kappa shape index (κ3) is 5.47. The molecule has 0 atom stereocenters. The van der Waals surface area contributed by atoms with E-state index in [4.69, 9.17) is 5.41 Å². The molecule has 0 heterocycles. The van der Waals surface area contributed by atoms with Gasteiger partial charge in [-0.25, -0.2) is 0 Å². The Morgan fingerprint density at radius 3 is 2.50 bits per heavy atom. The highest BCUT2D eigenvalue weighted by molar-refractivity contribution is 5.67. The van der Waals surface area contributed by atoms with E-state index in [0.717, 1.165) is 19.3 Å². The first-order chi connectivity index (χ1) is 3.77. The second kappa shape index (κ2) is 4.62. The topological polar surface area (TPSA) is 46.9 Å². The molecular formula is C6H12NO-. The summed E-state index contributed by atoms with van der Waals surface area (Å²) in [5.74, 6) is -0.432. The summed E-state index contributed by atoms with van der Waals surface area (Å²) >= 11 is 0. The van der Waals surface area contributed by atoms with E-state index in [0.29, 0.717) is 6.42 Å². The summed E-state index contributed by atoms with van der Waals surface area (Å²) in [4.78, 5) is 0. The summed E-state index contributed by atoms with van der Waals surface area (Å²) in [7, 11) is 0. The highest BCUT2D eigenvalue weighted by atomic mass is 16.3. The fourth-order valence-corrected chi connectivity index (χ4v) is 0.536. The molecule has 0 aromatic carbocycles. The first-order valence-electron chi connectivity index (χ1n) is 3.01. The van der Waals surface area contributed by atoms with Crippen molar-refractivity contribution in [2.75, 3.05) is 0 Å². The van der Waals surface area contributed by atoms with E-state index >= 15 is 0 Å². The molecule has 8 heavy (non-hydrogen) atoms. The minimum absolute atomic E-state index is 0.432.